The average molecular weight is 397 g/mol. The van der Waals surface area contributed by atoms with Gasteiger partial charge in [-0.1, -0.05) is 19.8 Å². The summed E-state index contributed by atoms with van der Waals surface area (Å²) < 4.78 is 54.9. The lowest BCUT2D eigenvalue weighted by Crippen LogP contribution is -2.25. The van der Waals surface area contributed by atoms with Crippen LogP contribution in [-0.4, -0.2) is 39.6 Å². The Bertz CT molecular complexity index is 862. The van der Waals surface area contributed by atoms with E-state index in [9.17, 15) is 17.6 Å². The molecule has 1 aliphatic heterocycles. The van der Waals surface area contributed by atoms with Crippen LogP contribution in [0.25, 0.3) is 0 Å². The third-order valence-electron chi connectivity index (χ3n) is 3.88. The quantitative estimate of drug-likeness (QED) is 0.451. The third-order valence-corrected chi connectivity index (χ3v) is 3.88. The van der Waals surface area contributed by atoms with Gasteiger partial charge in [0.2, 0.25) is 11.6 Å². The summed E-state index contributed by atoms with van der Waals surface area (Å²) in [7, 11) is 0. The Kier molecular flexibility index (Phi) is 7.09. The van der Waals surface area contributed by atoms with E-state index in [0.717, 1.165) is 19.5 Å². The number of hydrogen-bond acceptors (Lipinski definition) is 6. The first-order valence-electron chi connectivity index (χ1n) is 8.34. The van der Waals surface area contributed by atoms with Crippen LogP contribution in [-0.2, 0) is 0 Å². The van der Waals surface area contributed by atoms with Crippen molar-refractivity contribution in [2.75, 3.05) is 24.6 Å². The molecule has 1 saturated heterocycles. The van der Waals surface area contributed by atoms with Crippen molar-refractivity contribution in [3.63, 3.8) is 0 Å². The first-order chi connectivity index (χ1) is 13.2. The molecule has 0 aromatic carbocycles. The van der Waals surface area contributed by atoms with Crippen molar-refractivity contribution >= 4 is 5.82 Å². The zero-order valence-corrected chi connectivity index (χ0v) is 15.6. The highest BCUT2D eigenvalue weighted by atomic mass is 19.2. The molecule has 10 heteroatoms. The van der Waals surface area contributed by atoms with E-state index >= 15 is 0 Å². The summed E-state index contributed by atoms with van der Waals surface area (Å²) in [5.41, 5.74) is 0.187. The molecule has 3 heterocycles. The summed E-state index contributed by atoms with van der Waals surface area (Å²) >= 11 is 0. The van der Waals surface area contributed by atoms with Gasteiger partial charge in [-0.05, 0) is 18.8 Å². The Hall–Kier alpha value is -2.96. The number of halogens is 4. The number of rotatable bonds is 3. The van der Waals surface area contributed by atoms with E-state index in [-0.39, 0.29) is 17.9 Å². The largest absolute Gasteiger partial charge is 0.462 e. The number of anilines is 1. The summed E-state index contributed by atoms with van der Waals surface area (Å²) in [5.74, 6) is 0.606. The van der Waals surface area contributed by atoms with E-state index in [1.54, 1.807) is 6.92 Å². The van der Waals surface area contributed by atoms with Crippen molar-refractivity contribution in [1.29, 1.82) is 0 Å². The lowest BCUT2D eigenvalue weighted by Gasteiger charge is -2.21. The molecule has 3 rings (SSSR count). The molecule has 0 bridgehead atoms. The van der Waals surface area contributed by atoms with Gasteiger partial charge in [-0.25, -0.2) is 15.0 Å². The molecule has 0 spiro atoms. The van der Waals surface area contributed by atoms with Crippen LogP contribution in [0.2, 0.25) is 0 Å². The van der Waals surface area contributed by atoms with Crippen LogP contribution < -0.4 is 9.64 Å². The van der Waals surface area contributed by atoms with E-state index in [1.807, 2.05) is 4.90 Å². The molecular formula is C18H19F4N5O. The van der Waals surface area contributed by atoms with Gasteiger partial charge in [0.25, 0.3) is 17.8 Å². The minimum atomic E-state index is -1.64. The SMILES string of the molecule is CC#CCOc1ncnc(N2CCC(C)(C)C2)c1F.Fc1ncnc(F)c1F. The molecule has 0 radical (unpaired) electrons. The Labute approximate surface area is 160 Å². The molecule has 28 heavy (non-hydrogen) atoms. The fourth-order valence-corrected chi connectivity index (χ4v) is 2.46. The maximum Gasteiger partial charge on any atom is 0.256 e. The second kappa shape index (κ2) is 9.30. The highest BCUT2D eigenvalue weighted by molar-refractivity contribution is 5.44. The molecule has 0 aliphatic carbocycles. The minimum absolute atomic E-state index is 0.0301. The normalized spacial score (nSPS) is 14.6. The van der Waals surface area contributed by atoms with Crippen LogP contribution in [0.4, 0.5) is 23.4 Å². The summed E-state index contributed by atoms with van der Waals surface area (Å²) in [6, 6.07) is 0. The van der Waals surface area contributed by atoms with Crippen LogP contribution in [0.15, 0.2) is 12.7 Å². The van der Waals surface area contributed by atoms with E-state index in [0.29, 0.717) is 12.1 Å². The summed E-state index contributed by atoms with van der Waals surface area (Å²) in [4.78, 5) is 15.3. The van der Waals surface area contributed by atoms with Crippen LogP contribution in [0.3, 0.4) is 0 Å². The zero-order valence-electron chi connectivity index (χ0n) is 15.6. The smallest absolute Gasteiger partial charge is 0.256 e. The maximum atomic E-state index is 14.3. The number of aromatic nitrogens is 4. The lowest BCUT2D eigenvalue weighted by atomic mass is 9.93. The van der Waals surface area contributed by atoms with Gasteiger partial charge in [-0.2, -0.15) is 22.5 Å². The Morgan fingerprint density at radius 2 is 1.68 bits per heavy atom. The van der Waals surface area contributed by atoms with Crippen molar-refractivity contribution in [2.24, 2.45) is 5.41 Å². The zero-order chi connectivity index (χ0) is 20.7. The number of hydrogen-bond donors (Lipinski definition) is 0. The lowest BCUT2D eigenvalue weighted by molar-refractivity contribution is 0.331. The fraction of sp³-hybridized carbons (Fsp3) is 0.444. The van der Waals surface area contributed by atoms with Gasteiger partial charge < -0.3 is 9.64 Å². The van der Waals surface area contributed by atoms with Crippen molar-refractivity contribution < 1.29 is 22.3 Å². The molecule has 2 aromatic heterocycles. The average Bonchev–Trinajstić information content (AvgIpc) is 3.01. The van der Waals surface area contributed by atoms with Crippen LogP contribution in [0, 0.1) is 40.8 Å². The molecule has 1 fully saturated rings. The van der Waals surface area contributed by atoms with Crippen molar-refractivity contribution in [3.8, 4) is 17.7 Å². The van der Waals surface area contributed by atoms with E-state index in [2.05, 4.69) is 45.6 Å². The highest BCUT2D eigenvalue weighted by Gasteiger charge is 2.32. The minimum Gasteiger partial charge on any atom is -0.462 e. The molecule has 0 unspecified atom stereocenters. The standard InChI is InChI=1S/C14H18FN3O.C4HF3N2/c1-4-5-8-19-13-11(15)12(16-10-17-13)18-7-6-14(2,3)9-18;5-2-3(6)8-1-9-4(2)7/h10H,6-9H2,1-3H3;1H. The first kappa shape index (κ1) is 21.3. The van der Waals surface area contributed by atoms with Gasteiger partial charge in [-0.3, -0.25) is 0 Å². The number of nitrogens with zero attached hydrogens (tertiary/aromatic N) is 5. The van der Waals surface area contributed by atoms with E-state index in [1.165, 1.54) is 6.33 Å². The third kappa shape index (κ3) is 5.52. The topological polar surface area (TPSA) is 64.0 Å². The molecule has 0 saturated carbocycles. The molecule has 1 aliphatic rings. The maximum absolute atomic E-state index is 14.3. The second-order valence-electron chi connectivity index (χ2n) is 6.64. The summed E-state index contributed by atoms with van der Waals surface area (Å²) in [6.07, 6.45) is 2.96. The highest BCUT2D eigenvalue weighted by Crippen LogP contribution is 2.33. The van der Waals surface area contributed by atoms with Gasteiger partial charge in [0.1, 0.15) is 12.7 Å². The molecule has 6 nitrogen and oxygen atoms in total. The Balaban J connectivity index is 0.000000261. The van der Waals surface area contributed by atoms with Gasteiger partial charge in [0.15, 0.2) is 12.4 Å². The number of ether oxygens (including phenoxy) is 1. The van der Waals surface area contributed by atoms with Gasteiger partial charge >= 0.3 is 0 Å². The van der Waals surface area contributed by atoms with E-state index in [4.69, 9.17) is 4.74 Å². The molecule has 2 aromatic rings. The van der Waals surface area contributed by atoms with Gasteiger partial charge in [0, 0.05) is 13.1 Å². The van der Waals surface area contributed by atoms with Crippen LogP contribution in [0.5, 0.6) is 5.88 Å². The van der Waals surface area contributed by atoms with Crippen molar-refractivity contribution in [1.82, 2.24) is 19.9 Å². The van der Waals surface area contributed by atoms with Crippen molar-refractivity contribution in [2.45, 2.75) is 27.2 Å². The molecule has 0 amide bonds. The molecule has 0 N–H and O–H groups in total. The monoisotopic (exact) mass is 397 g/mol. The second-order valence-corrected chi connectivity index (χ2v) is 6.64. The fourth-order valence-electron chi connectivity index (χ4n) is 2.46. The van der Waals surface area contributed by atoms with Crippen LogP contribution >= 0.6 is 0 Å². The van der Waals surface area contributed by atoms with Crippen LogP contribution in [0.1, 0.15) is 27.2 Å². The van der Waals surface area contributed by atoms with Gasteiger partial charge in [0.05, 0.1) is 0 Å². The summed E-state index contributed by atoms with van der Waals surface area (Å²) in [5, 5.41) is 0. The van der Waals surface area contributed by atoms with E-state index < -0.39 is 23.5 Å². The first-order valence-corrected chi connectivity index (χ1v) is 8.34. The van der Waals surface area contributed by atoms with Crippen molar-refractivity contribution in [3.05, 3.63) is 36.2 Å². The Morgan fingerprint density at radius 1 is 1.04 bits per heavy atom. The molecule has 0 atom stereocenters. The Morgan fingerprint density at radius 3 is 2.21 bits per heavy atom. The molecular weight excluding hydrogens is 378 g/mol. The predicted octanol–water partition coefficient (Wildman–Crippen LogP) is 3.15. The predicted molar refractivity (Wildman–Crippen MR) is 93.5 cm³/mol. The summed E-state index contributed by atoms with van der Waals surface area (Å²) in [6.45, 7) is 7.76. The van der Waals surface area contributed by atoms with Gasteiger partial charge in [-0.15, -0.1) is 5.92 Å². The molecule has 150 valence electrons.